The summed E-state index contributed by atoms with van der Waals surface area (Å²) in [7, 11) is -4.74. The molecule has 2 aromatic heterocycles. The van der Waals surface area contributed by atoms with Gasteiger partial charge in [-0.25, -0.2) is 23.5 Å². The zero-order valence-electron chi connectivity index (χ0n) is 22.4. The van der Waals surface area contributed by atoms with Crippen molar-refractivity contribution in [1.82, 2.24) is 29.1 Å². The molecule has 7 rings (SSSR count). The third kappa shape index (κ3) is 5.40. The van der Waals surface area contributed by atoms with Crippen molar-refractivity contribution in [2.24, 2.45) is 20.7 Å². The third-order valence-electron chi connectivity index (χ3n) is 7.40. The third-order valence-corrected chi connectivity index (χ3v) is 9.96. The first-order chi connectivity index (χ1) is 21.3. The Labute approximate surface area is 256 Å². The molecule has 25 heteroatoms. The zero-order valence-corrected chi connectivity index (χ0v) is 24.9. The summed E-state index contributed by atoms with van der Waals surface area (Å²) in [6, 6.07) is -1.20. The Kier molecular flexibility index (Phi) is 7.44. The zero-order chi connectivity index (χ0) is 31.8. The summed E-state index contributed by atoms with van der Waals surface area (Å²) < 4.78 is 73.3. The summed E-state index contributed by atoms with van der Waals surface area (Å²) in [6.45, 7) is -5.55. The highest BCUT2D eigenvalue weighted by atomic mass is 32.5. The molecule has 0 aliphatic carbocycles. The molecule has 3 saturated heterocycles. The van der Waals surface area contributed by atoms with Crippen molar-refractivity contribution in [3.05, 3.63) is 12.7 Å². The Morgan fingerprint density at radius 1 is 1.13 bits per heavy atom. The number of imidazole rings is 1. The predicted octanol–water partition coefficient (Wildman–Crippen LogP) is -3.45. The van der Waals surface area contributed by atoms with E-state index in [0.29, 0.717) is 0 Å². The van der Waals surface area contributed by atoms with Crippen LogP contribution in [0, 0.1) is 0 Å². The maximum absolute atomic E-state index is 15.9. The van der Waals surface area contributed by atoms with Gasteiger partial charge in [0.15, 0.2) is 42.0 Å². The molecule has 0 radical (unpaired) electrons. The molecule has 242 valence electrons. The van der Waals surface area contributed by atoms with Crippen LogP contribution in [-0.4, -0.2) is 129 Å². The number of carbonyl (C=O) groups is 1. The van der Waals surface area contributed by atoms with Gasteiger partial charge in [0, 0.05) is 6.54 Å². The predicted molar refractivity (Wildman–Crippen MR) is 151 cm³/mol. The molecule has 5 aliphatic heterocycles. The van der Waals surface area contributed by atoms with E-state index in [0.717, 1.165) is 11.2 Å². The number of nitrogen functional groups attached to an aromatic ring is 1. The first kappa shape index (κ1) is 30.5. The van der Waals surface area contributed by atoms with Crippen LogP contribution in [0.4, 0.5) is 10.2 Å². The van der Waals surface area contributed by atoms with Gasteiger partial charge in [0.2, 0.25) is 5.96 Å². The minimum Gasteiger partial charge on any atom is -0.386 e. The van der Waals surface area contributed by atoms with Crippen molar-refractivity contribution >= 4 is 69.9 Å². The number of ether oxygens (including phenoxy) is 2. The second-order valence-corrected chi connectivity index (χ2v) is 14.4. The number of amides is 1. The Balaban J connectivity index is 1.14. The van der Waals surface area contributed by atoms with Crippen LogP contribution in [0.15, 0.2) is 27.6 Å². The van der Waals surface area contributed by atoms with Crippen LogP contribution >= 0.6 is 6.72 Å². The van der Waals surface area contributed by atoms with Crippen molar-refractivity contribution in [3.8, 4) is 0 Å². The standard InChI is InChI=1S/C20H23FN11O10PS2/c21-8-12-7(40-18(8)32-5-27-10-16(32)29-20(23)30-17(10)34)2-38-43(35,44)41-13-6(1-28-45(36,37)42-12)39-19(11(13)33)31-4-26-9-14(22)24-3-25-15(9)31/h3-8,10-13,18-19,28,33H,1-2H2,(H,35,44)(H2,22,24,25)(H2,23,30,34)/t6-,7-,8-,10?,11-,12-,13-,18-,19-,43?/m1/s1. The number of aromatic nitrogens is 4. The normalized spacial score (nSPS) is 39.8. The molecule has 7 heterocycles. The first-order valence-electron chi connectivity index (χ1n) is 13.0. The number of nitrogens with two attached hydrogens (primary N) is 2. The van der Waals surface area contributed by atoms with E-state index >= 15 is 4.39 Å². The lowest BCUT2D eigenvalue weighted by Gasteiger charge is -2.28. The molecule has 1 amide bonds. The van der Waals surface area contributed by atoms with Gasteiger partial charge in [0.05, 0.1) is 19.3 Å². The fourth-order valence-corrected chi connectivity index (χ4v) is 7.80. The molecule has 0 saturated carbocycles. The van der Waals surface area contributed by atoms with Gasteiger partial charge < -0.3 is 35.5 Å². The summed E-state index contributed by atoms with van der Waals surface area (Å²) in [5, 5.41) is 11.2. The lowest BCUT2D eigenvalue weighted by molar-refractivity contribution is -0.117. The second kappa shape index (κ2) is 11.0. The molecule has 10 atom stereocenters. The molecule has 2 aromatic rings. The number of hydrogen-bond donors (Lipinski definition) is 5. The smallest absolute Gasteiger partial charge is 0.336 e. The van der Waals surface area contributed by atoms with Crippen molar-refractivity contribution in [1.29, 1.82) is 0 Å². The highest BCUT2D eigenvalue weighted by Gasteiger charge is 2.55. The molecule has 21 nitrogen and oxygen atoms in total. The molecular formula is C20H23FN11O10PS2. The summed E-state index contributed by atoms with van der Waals surface area (Å²) in [6.07, 6.45) is -9.19. The van der Waals surface area contributed by atoms with E-state index < -0.39 is 91.3 Å². The van der Waals surface area contributed by atoms with Crippen LogP contribution in [0.5, 0.6) is 0 Å². The number of alkyl halides is 1. The number of aliphatic imine (C=N–C) groups is 3. The molecule has 0 aromatic carbocycles. The van der Waals surface area contributed by atoms with Gasteiger partial charge in [-0.15, -0.1) is 0 Å². The molecule has 7 N–H and O–H groups in total. The summed E-state index contributed by atoms with van der Waals surface area (Å²) in [5.74, 6) is -1.16. The van der Waals surface area contributed by atoms with Gasteiger partial charge >= 0.3 is 17.0 Å². The number of hydrogen-bond acceptors (Lipinski definition) is 18. The maximum Gasteiger partial charge on any atom is 0.336 e. The number of carbonyl (C=O) groups excluding carboxylic acids is 1. The number of aliphatic hydroxyl groups excluding tert-OH is 1. The van der Waals surface area contributed by atoms with Crippen molar-refractivity contribution < 1.29 is 50.3 Å². The van der Waals surface area contributed by atoms with E-state index in [1.165, 1.54) is 17.2 Å². The minimum atomic E-state index is -4.74. The number of nitrogens with one attached hydrogen (secondary N) is 1. The number of halogens is 1. The minimum absolute atomic E-state index is 0.0642. The van der Waals surface area contributed by atoms with Crippen LogP contribution in [0.2, 0.25) is 0 Å². The van der Waals surface area contributed by atoms with E-state index in [9.17, 15) is 23.2 Å². The van der Waals surface area contributed by atoms with Crippen LogP contribution in [0.25, 0.3) is 11.2 Å². The number of guanidine groups is 1. The van der Waals surface area contributed by atoms with Crippen molar-refractivity contribution in [2.75, 3.05) is 18.9 Å². The molecule has 45 heavy (non-hydrogen) atoms. The fraction of sp³-hybridized carbons (Fsp3) is 0.550. The van der Waals surface area contributed by atoms with Crippen LogP contribution in [0.3, 0.4) is 0 Å². The van der Waals surface area contributed by atoms with Crippen LogP contribution in [-0.2, 0) is 49.6 Å². The number of rotatable bonds is 2. The highest BCUT2D eigenvalue weighted by molar-refractivity contribution is 8.07. The average Bonchev–Trinajstić information content (AvgIpc) is 3.72. The molecular weight excluding hydrogens is 668 g/mol. The first-order valence-corrected chi connectivity index (χ1v) is 17.0. The Hall–Kier alpha value is -3.16. The van der Waals surface area contributed by atoms with Gasteiger partial charge in [-0.3, -0.25) is 23.8 Å². The number of fused-ring (bicyclic) bond motifs is 4. The van der Waals surface area contributed by atoms with E-state index in [2.05, 4.69) is 34.7 Å². The monoisotopic (exact) mass is 691 g/mol. The lowest BCUT2D eigenvalue weighted by atomic mass is 10.1. The Bertz CT molecular complexity index is 1810. The van der Waals surface area contributed by atoms with Gasteiger partial charge in [-0.05, 0) is 11.8 Å². The summed E-state index contributed by atoms with van der Waals surface area (Å²) in [5.41, 5.74) is 11.8. The molecule has 0 spiro atoms. The van der Waals surface area contributed by atoms with E-state index in [1.807, 2.05) is 0 Å². The number of anilines is 1. The maximum atomic E-state index is 15.9. The second-order valence-electron chi connectivity index (χ2n) is 10.2. The Morgan fingerprint density at radius 3 is 2.71 bits per heavy atom. The number of amidine groups is 1. The molecule has 5 aliphatic rings. The van der Waals surface area contributed by atoms with Crippen LogP contribution in [0.1, 0.15) is 6.23 Å². The van der Waals surface area contributed by atoms with Gasteiger partial charge in [-0.2, -0.15) is 23.1 Å². The number of aliphatic hydroxyl groups is 1. The molecule has 2 unspecified atom stereocenters. The van der Waals surface area contributed by atoms with E-state index in [1.54, 1.807) is 0 Å². The summed E-state index contributed by atoms with van der Waals surface area (Å²) in [4.78, 5) is 47.7. The fourth-order valence-electron chi connectivity index (χ4n) is 5.39. The summed E-state index contributed by atoms with van der Waals surface area (Å²) >= 11 is 5.16. The van der Waals surface area contributed by atoms with Gasteiger partial charge in [0.1, 0.15) is 42.4 Å². The average molecular weight is 692 g/mol. The van der Waals surface area contributed by atoms with Gasteiger partial charge in [0.25, 0.3) is 5.91 Å². The topological polar surface area (TPSA) is 286 Å². The van der Waals surface area contributed by atoms with E-state index in [4.69, 9.17) is 46.0 Å². The molecule has 3 fully saturated rings. The van der Waals surface area contributed by atoms with E-state index in [-0.39, 0.29) is 28.8 Å². The SMILES string of the molecule is NC1=NC(=O)C2N=CN([C@@H]3O[C@@H]4COP(O)(=S)O[C@H]5[C@@H](O)[C@H](n6cnc7c(N)ncnc76)O[C@@H]5CNS(=O)(=O)O[C@H]4[C@H]3F)C2=N1. The van der Waals surface area contributed by atoms with Crippen molar-refractivity contribution in [2.45, 2.75) is 55.2 Å². The lowest BCUT2D eigenvalue weighted by Crippen LogP contribution is -2.49. The number of nitrogens with zero attached hydrogens (tertiary/aromatic N) is 8. The Morgan fingerprint density at radius 2 is 1.91 bits per heavy atom. The highest BCUT2D eigenvalue weighted by Crippen LogP contribution is 2.50. The largest absolute Gasteiger partial charge is 0.386 e. The molecule has 0 bridgehead atoms. The van der Waals surface area contributed by atoms with Crippen molar-refractivity contribution in [3.63, 3.8) is 0 Å². The van der Waals surface area contributed by atoms with Crippen LogP contribution < -0.4 is 16.2 Å². The van der Waals surface area contributed by atoms with Gasteiger partial charge in [-0.1, -0.05) is 0 Å². The quantitative estimate of drug-likeness (QED) is 0.191.